The largest absolute Gasteiger partial charge is 0.481 e. The number of rotatable bonds is 10. The van der Waals surface area contributed by atoms with Crippen LogP contribution in [0.25, 0.3) is 0 Å². The van der Waals surface area contributed by atoms with Crippen molar-refractivity contribution in [3.05, 3.63) is 24.3 Å². The van der Waals surface area contributed by atoms with Crippen LogP contribution in [0.15, 0.2) is 24.3 Å². The third kappa shape index (κ3) is 20.9. The summed E-state index contributed by atoms with van der Waals surface area (Å²) in [5.41, 5.74) is 0. The molecule has 0 bridgehead atoms. The van der Waals surface area contributed by atoms with Crippen molar-refractivity contribution in [3.8, 4) is 0 Å². The number of carboxylic acid groups (broad SMARTS) is 1. The lowest BCUT2D eigenvalue weighted by Crippen LogP contribution is -1.92. The van der Waals surface area contributed by atoms with Crippen LogP contribution in [0.4, 0.5) is 0 Å². The van der Waals surface area contributed by atoms with E-state index in [4.69, 9.17) is 5.11 Å². The highest BCUT2D eigenvalue weighted by atomic mass is 16.4. The fourth-order valence-corrected chi connectivity index (χ4v) is 2.67. The van der Waals surface area contributed by atoms with Crippen molar-refractivity contribution in [3.63, 3.8) is 0 Å². The van der Waals surface area contributed by atoms with Gasteiger partial charge in [0.15, 0.2) is 0 Å². The van der Waals surface area contributed by atoms with Gasteiger partial charge in [0.2, 0.25) is 0 Å². The minimum Gasteiger partial charge on any atom is -0.481 e. The van der Waals surface area contributed by atoms with Crippen LogP contribution in [0, 0.1) is 5.92 Å². The Morgan fingerprint density at radius 2 is 1.62 bits per heavy atom. The van der Waals surface area contributed by atoms with Crippen LogP contribution < -0.4 is 0 Å². The smallest absolute Gasteiger partial charge is 0.303 e. The molecule has 0 aromatic rings. The number of hydrogen-bond acceptors (Lipinski definition) is 1. The molecular weight excluding hydrogens is 296 g/mol. The molecule has 0 aliphatic heterocycles. The Kier molecular flexibility index (Phi) is 23.0. The molecule has 0 spiro atoms. The summed E-state index contributed by atoms with van der Waals surface area (Å²) >= 11 is 0. The number of unbranched alkanes of at least 4 members (excludes halogenated alkanes) is 5. The van der Waals surface area contributed by atoms with Crippen LogP contribution in [-0.2, 0) is 4.79 Å². The van der Waals surface area contributed by atoms with Gasteiger partial charge in [0.05, 0.1) is 0 Å². The van der Waals surface area contributed by atoms with Gasteiger partial charge in [-0.2, -0.15) is 0 Å². The molecule has 0 atom stereocenters. The highest BCUT2D eigenvalue weighted by molar-refractivity contribution is 5.66. The Bertz CT molecular complexity index is 299. The molecular formula is C22H42O2. The van der Waals surface area contributed by atoms with Gasteiger partial charge in [-0.3, -0.25) is 4.79 Å². The zero-order valence-corrected chi connectivity index (χ0v) is 16.7. The van der Waals surface area contributed by atoms with Crippen LogP contribution in [0.2, 0.25) is 0 Å². The molecule has 0 unspecified atom stereocenters. The molecule has 0 saturated heterocycles. The van der Waals surface area contributed by atoms with E-state index in [1.54, 1.807) is 0 Å². The van der Waals surface area contributed by atoms with E-state index in [1.807, 2.05) is 32.9 Å². The first-order chi connectivity index (χ1) is 11.7. The second kappa shape index (κ2) is 21.9. The first-order valence-corrected chi connectivity index (χ1v) is 10.2. The number of allylic oxidation sites excluding steroid dienone is 4. The lowest BCUT2D eigenvalue weighted by molar-refractivity contribution is -0.137. The van der Waals surface area contributed by atoms with Crippen LogP contribution in [0.5, 0.6) is 0 Å². The predicted octanol–water partition coefficient (Wildman–Crippen LogP) is 7.55. The third-order valence-electron chi connectivity index (χ3n) is 4.03. The minimum absolute atomic E-state index is 0.282. The summed E-state index contributed by atoms with van der Waals surface area (Å²) in [6.07, 6.45) is 23.4. The van der Waals surface area contributed by atoms with Gasteiger partial charge in [-0.1, -0.05) is 77.2 Å². The molecule has 1 N–H and O–H groups in total. The fourth-order valence-electron chi connectivity index (χ4n) is 2.67. The Balaban J connectivity index is 0. The fraction of sp³-hybridized carbons (Fsp3) is 0.773. The summed E-state index contributed by atoms with van der Waals surface area (Å²) in [5, 5.41) is 8.19. The Labute approximate surface area is 151 Å². The number of carboxylic acids is 1. The van der Waals surface area contributed by atoms with Crippen molar-refractivity contribution in [1.29, 1.82) is 0 Å². The summed E-state index contributed by atoms with van der Waals surface area (Å²) in [6, 6.07) is 0. The van der Waals surface area contributed by atoms with Gasteiger partial charge in [-0.25, -0.2) is 0 Å². The first-order valence-electron chi connectivity index (χ1n) is 10.2. The van der Waals surface area contributed by atoms with E-state index in [9.17, 15) is 4.79 Å². The van der Waals surface area contributed by atoms with Gasteiger partial charge in [-0.05, 0) is 51.4 Å². The number of hydrogen-bond donors (Lipinski definition) is 1. The van der Waals surface area contributed by atoms with E-state index in [0.29, 0.717) is 0 Å². The van der Waals surface area contributed by atoms with Crippen molar-refractivity contribution in [2.45, 2.75) is 105 Å². The van der Waals surface area contributed by atoms with Crippen LogP contribution in [-0.4, -0.2) is 11.1 Å². The summed E-state index contributed by atoms with van der Waals surface area (Å²) in [5.74, 6) is 0.227. The van der Waals surface area contributed by atoms with E-state index < -0.39 is 5.97 Å². The Morgan fingerprint density at radius 3 is 2.17 bits per heavy atom. The van der Waals surface area contributed by atoms with Crippen molar-refractivity contribution in [1.82, 2.24) is 0 Å². The molecule has 1 rings (SSSR count). The zero-order valence-electron chi connectivity index (χ0n) is 16.7. The van der Waals surface area contributed by atoms with Gasteiger partial charge >= 0.3 is 5.97 Å². The summed E-state index contributed by atoms with van der Waals surface area (Å²) in [7, 11) is 0. The van der Waals surface area contributed by atoms with Crippen LogP contribution in [0.3, 0.4) is 0 Å². The number of aliphatic carboxylic acids is 1. The molecule has 1 aliphatic carbocycles. The summed E-state index contributed by atoms with van der Waals surface area (Å²) in [6.45, 7) is 8.20. The molecule has 0 aromatic heterocycles. The third-order valence-corrected chi connectivity index (χ3v) is 4.03. The molecule has 0 amide bonds. The molecule has 0 heterocycles. The Hall–Kier alpha value is -1.05. The maximum Gasteiger partial charge on any atom is 0.303 e. The van der Waals surface area contributed by atoms with Gasteiger partial charge < -0.3 is 5.11 Å². The maximum absolute atomic E-state index is 9.94. The number of carbonyl (C=O) groups is 1. The summed E-state index contributed by atoms with van der Waals surface area (Å²) < 4.78 is 0. The lowest BCUT2D eigenvalue weighted by Gasteiger charge is -1.99. The first kappa shape index (κ1) is 25.2. The molecule has 24 heavy (non-hydrogen) atoms. The van der Waals surface area contributed by atoms with Crippen molar-refractivity contribution in [2.75, 3.05) is 0 Å². The zero-order chi connectivity index (χ0) is 18.5. The van der Waals surface area contributed by atoms with Crippen molar-refractivity contribution < 1.29 is 9.90 Å². The molecule has 1 fully saturated rings. The SMILES string of the molecule is C/C=C\CCCC(=O)O.CC.CCCCCC/C=C/C1CCCC1. The normalized spacial score (nSPS) is 14.3. The highest BCUT2D eigenvalue weighted by Crippen LogP contribution is 2.25. The van der Waals surface area contributed by atoms with Crippen LogP contribution >= 0.6 is 0 Å². The molecule has 1 aliphatic rings. The second-order valence-electron chi connectivity index (χ2n) is 6.18. The van der Waals surface area contributed by atoms with E-state index in [0.717, 1.165) is 18.8 Å². The quantitative estimate of drug-likeness (QED) is 0.330. The predicted molar refractivity (Wildman–Crippen MR) is 108 cm³/mol. The van der Waals surface area contributed by atoms with Gasteiger partial charge in [0.1, 0.15) is 0 Å². The van der Waals surface area contributed by atoms with E-state index >= 15 is 0 Å². The molecule has 2 heteroatoms. The van der Waals surface area contributed by atoms with Gasteiger partial charge in [0.25, 0.3) is 0 Å². The molecule has 142 valence electrons. The van der Waals surface area contributed by atoms with Crippen LogP contribution in [0.1, 0.15) is 105 Å². The standard InChI is InChI=1S/C13H24.C7H12O2.C2H6/c1-2-3-4-5-6-7-10-13-11-8-9-12-13;1-2-3-4-5-6-7(8)9;1-2/h7,10,13H,2-6,8-9,11-12H2,1H3;2-3H,4-6H2,1H3,(H,8,9);1-2H3/b10-7+;3-2-;. The van der Waals surface area contributed by atoms with E-state index in [1.165, 1.54) is 57.8 Å². The topological polar surface area (TPSA) is 37.3 Å². The molecule has 1 saturated carbocycles. The van der Waals surface area contributed by atoms with Crippen molar-refractivity contribution in [2.24, 2.45) is 5.92 Å². The highest BCUT2D eigenvalue weighted by Gasteiger charge is 2.10. The monoisotopic (exact) mass is 338 g/mol. The van der Waals surface area contributed by atoms with Gasteiger partial charge in [-0.15, -0.1) is 0 Å². The minimum atomic E-state index is -0.709. The maximum atomic E-state index is 9.94. The molecule has 2 nitrogen and oxygen atoms in total. The Morgan fingerprint density at radius 1 is 1.00 bits per heavy atom. The molecule has 0 aromatic carbocycles. The second-order valence-corrected chi connectivity index (χ2v) is 6.18. The average molecular weight is 339 g/mol. The summed E-state index contributed by atoms with van der Waals surface area (Å²) in [4.78, 5) is 9.94. The van der Waals surface area contributed by atoms with E-state index in [-0.39, 0.29) is 6.42 Å². The molecule has 0 radical (unpaired) electrons. The van der Waals surface area contributed by atoms with E-state index in [2.05, 4.69) is 19.1 Å². The lowest BCUT2D eigenvalue weighted by atomic mass is 10.1. The van der Waals surface area contributed by atoms with Crippen molar-refractivity contribution >= 4 is 5.97 Å². The average Bonchev–Trinajstić information content (AvgIpc) is 3.11. The van der Waals surface area contributed by atoms with Gasteiger partial charge in [0, 0.05) is 6.42 Å².